The standard InChI is InChI=1S/C19H17NO3/c1-3-12(2)18-17(19(22)23)15-6-4-5-7-16(15)20(18)13-8-10-14(21)11-9-13/h3-11,21H,1-2H3,(H,22,23)/b12-3+. The summed E-state index contributed by atoms with van der Waals surface area (Å²) in [5.74, 6) is -0.775. The minimum atomic E-state index is -0.949. The van der Waals surface area contributed by atoms with Crippen LogP contribution in [0.1, 0.15) is 29.9 Å². The Morgan fingerprint density at radius 2 is 1.74 bits per heavy atom. The fourth-order valence-electron chi connectivity index (χ4n) is 2.84. The van der Waals surface area contributed by atoms with Gasteiger partial charge in [0.1, 0.15) is 5.75 Å². The summed E-state index contributed by atoms with van der Waals surface area (Å²) in [6.45, 7) is 3.79. The van der Waals surface area contributed by atoms with Crippen LogP contribution >= 0.6 is 0 Å². The zero-order valence-corrected chi connectivity index (χ0v) is 12.9. The summed E-state index contributed by atoms with van der Waals surface area (Å²) in [5.41, 5.74) is 3.47. The number of nitrogens with zero attached hydrogens (tertiary/aromatic N) is 1. The van der Waals surface area contributed by atoms with Crippen LogP contribution in [-0.2, 0) is 0 Å². The van der Waals surface area contributed by atoms with Crippen LogP contribution in [0.5, 0.6) is 5.75 Å². The predicted molar refractivity (Wildman–Crippen MR) is 91.2 cm³/mol. The van der Waals surface area contributed by atoms with Crippen molar-refractivity contribution in [3.8, 4) is 11.4 Å². The Labute approximate surface area is 133 Å². The van der Waals surface area contributed by atoms with Crippen LogP contribution in [0.2, 0.25) is 0 Å². The Morgan fingerprint density at radius 1 is 1.09 bits per heavy atom. The molecule has 3 aromatic rings. The maximum Gasteiger partial charge on any atom is 0.338 e. The third kappa shape index (κ3) is 2.38. The van der Waals surface area contributed by atoms with E-state index in [4.69, 9.17) is 0 Å². The molecular formula is C19H17NO3. The van der Waals surface area contributed by atoms with Gasteiger partial charge in [-0.3, -0.25) is 0 Å². The van der Waals surface area contributed by atoms with Crippen molar-refractivity contribution in [1.29, 1.82) is 0 Å². The number of carboxylic acids is 1. The van der Waals surface area contributed by atoms with Crippen molar-refractivity contribution in [1.82, 2.24) is 4.57 Å². The van der Waals surface area contributed by atoms with Gasteiger partial charge in [0.15, 0.2) is 0 Å². The first-order chi connectivity index (χ1) is 11.0. The van der Waals surface area contributed by atoms with Crippen molar-refractivity contribution in [3.05, 3.63) is 65.9 Å². The lowest BCUT2D eigenvalue weighted by Gasteiger charge is -2.12. The number of phenolic OH excluding ortho intramolecular Hbond substituents is 1. The number of hydrogen-bond donors (Lipinski definition) is 2. The van der Waals surface area contributed by atoms with Crippen molar-refractivity contribution in [2.45, 2.75) is 13.8 Å². The van der Waals surface area contributed by atoms with E-state index >= 15 is 0 Å². The summed E-state index contributed by atoms with van der Waals surface area (Å²) in [7, 11) is 0. The summed E-state index contributed by atoms with van der Waals surface area (Å²) < 4.78 is 1.92. The quantitative estimate of drug-likeness (QED) is 0.751. The number of allylic oxidation sites excluding steroid dienone is 2. The average molecular weight is 307 g/mol. The Hall–Kier alpha value is -3.01. The third-order valence-corrected chi connectivity index (χ3v) is 4.00. The van der Waals surface area contributed by atoms with Gasteiger partial charge in [-0.25, -0.2) is 4.79 Å². The Morgan fingerprint density at radius 3 is 2.35 bits per heavy atom. The van der Waals surface area contributed by atoms with Gasteiger partial charge in [-0.05, 0) is 49.8 Å². The molecule has 0 fully saturated rings. The van der Waals surface area contributed by atoms with Crippen LogP contribution in [-0.4, -0.2) is 20.7 Å². The van der Waals surface area contributed by atoms with Crippen LogP contribution < -0.4 is 0 Å². The lowest BCUT2D eigenvalue weighted by Crippen LogP contribution is -2.04. The molecular weight excluding hydrogens is 290 g/mol. The van der Waals surface area contributed by atoms with E-state index in [-0.39, 0.29) is 5.75 Å². The number of carboxylic acid groups (broad SMARTS) is 1. The smallest absolute Gasteiger partial charge is 0.338 e. The number of hydrogen-bond acceptors (Lipinski definition) is 2. The Balaban J connectivity index is 2.48. The minimum absolute atomic E-state index is 0.174. The molecule has 0 unspecified atom stereocenters. The summed E-state index contributed by atoms with van der Waals surface area (Å²) >= 11 is 0. The Kier molecular flexibility index (Phi) is 3.66. The van der Waals surface area contributed by atoms with Gasteiger partial charge in [0, 0.05) is 11.1 Å². The zero-order chi connectivity index (χ0) is 16.6. The van der Waals surface area contributed by atoms with Gasteiger partial charge < -0.3 is 14.8 Å². The molecule has 2 N–H and O–H groups in total. The number of benzene rings is 2. The molecule has 0 bridgehead atoms. The highest BCUT2D eigenvalue weighted by Gasteiger charge is 2.23. The molecule has 1 aromatic heterocycles. The first kappa shape index (κ1) is 14.9. The van der Waals surface area contributed by atoms with Crippen molar-refractivity contribution in [3.63, 3.8) is 0 Å². The van der Waals surface area contributed by atoms with Gasteiger partial charge in [0.2, 0.25) is 0 Å². The van der Waals surface area contributed by atoms with Crippen LogP contribution in [0.3, 0.4) is 0 Å². The molecule has 3 rings (SSSR count). The monoisotopic (exact) mass is 307 g/mol. The van der Waals surface area contributed by atoms with Gasteiger partial charge in [-0.2, -0.15) is 0 Å². The third-order valence-electron chi connectivity index (χ3n) is 4.00. The lowest BCUT2D eigenvalue weighted by molar-refractivity contribution is 0.0698. The van der Waals surface area contributed by atoms with E-state index < -0.39 is 5.97 Å². The number of aromatic carboxylic acids is 1. The highest BCUT2D eigenvalue weighted by molar-refractivity contribution is 6.08. The number of phenols is 1. The van der Waals surface area contributed by atoms with Crippen molar-refractivity contribution in [2.24, 2.45) is 0 Å². The van der Waals surface area contributed by atoms with E-state index in [1.165, 1.54) is 0 Å². The molecule has 0 aliphatic heterocycles. The minimum Gasteiger partial charge on any atom is -0.508 e. The molecule has 4 heteroatoms. The number of para-hydroxylation sites is 1. The molecule has 0 saturated heterocycles. The summed E-state index contributed by atoms with van der Waals surface area (Å²) in [5, 5.41) is 20.0. The van der Waals surface area contributed by atoms with E-state index in [0.717, 1.165) is 16.8 Å². The largest absolute Gasteiger partial charge is 0.508 e. The Bertz CT molecular complexity index is 918. The second-order valence-electron chi connectivity index (χ2n) is 5.37. The maximum absolute atomic E-state index is 11.9. The second-order valence-corrected chi connectivity index (χ2v) is 5.37. The van der Waals surface area contributed by atoms with E-state index in [1.807, 2.05) is 48.8 Å². The molecule has 0 spiro atoms. The highest BCUT2D eigenvalue weighted by Crippen LogP contribution is 2.34. The van der Waals surface area contributed by atoms with Gasteiger partial charge in [-0.15, -0.1) is 0 Å². The van der Waals surface area contributed by atoms with Crippen molar-refractivity contribution in [2.75, 3.05) is 0 Å². The number of fused-ring (bicyclic) bond motifs is 1. The maximum atomic E-state index is 11.9. The van der Waals surface area contributed by atoms with E-state index in [0.29, 0.717) is 16.6 Å². The predicted octanol–water partition coefficient (Wildman–Crippen LogP) is 4.46. The normalized spacial score (nSPS) is 11.8. The molecule has 0 saturated carbocycles. The van der Waals surface area contributed by atoms with E-state index in [1.54, 1.807) is 24.3 Å². The first-order valence-electron chi connectivity index (χ1n) is 7.34. The van der Waals surface area contributed by atoms with Gasteiger partial charge >= 0.3 is 5.97 Å². The second kappa shape index (κ2) is 5.65. The lowest BCUT2D eigenvalue weighted by atomic mass is 10.1. The van der Waals surface area contributed by atoms with Crippen LogP contribution in [0.25, 0.3) is 22.2 Å². The van der Waals surface area contributed by atoms with Crippen molar-refractivity contribution < 1.29 is 15.0 Å². The molecule has 0 radical (unpaired) electrons. The molecule has 0 aliphatic carbocycles. The van der Waals surface area contributed by atoms with Gasteiger partial charge in [-0.1, -0.05) is 24.3 Å². The molecule has 116 valence electrons. The summed E-state index contributed by atoms with van der Waals surface area (Å²) in [6, 6.07) is 14.2. The highest BCUT2D eigenvalue weighted by atomic mass is 16.4. The fraction of sp³-hybridized carbons (Fsp3) is 0.105. The molecule has 0 atom stereocenters. The molecule has 23 heavy (non-hydrogen) atoms. The van der Waals surface area contributed by atoms with Gasteiger partial charge in [0.05, 0.1) is 16.8 Å². The number of carbonyl (C=O) groups is 1. The van der Waals surface area contributed by atoms with E-state index in [9.17, 15) is 15.0 Å². The number of rotatable bonds is 3. The zero-order valence-electron chi connectivity index (χ0n) is 12.9. The average Bonchev–Trinajstić information content (AvgIpc) is 2.90. The van der Waals surface area contributed by atoms with Crippen LogP contribution in [0.15, 0.2) is 54.6 Å². The summed E-state index contributed by atoms with van der Waals surface area (Å²) in [6.07, 6.45) is 1.90. The van der Waals surface area contributed by atoms with E-state index in [2.05, 4.69) is 0 Å². The summed E-state index contributed by atoms with van der Waals surface area (Å²) in [4.78, 5) is 11.9. The molecule has 0 amide bonds. The molecule has 1 heterocycles. The molecule has 4 nitrogen and oxygen atoms in total. The molecule has 0 aliphatic rings. The molecule has 2 aromatic carbocycles. The number of aromatic nitrogens is 1. The topological polar surface area (TPSA) is 62.5 Å². The van der Waals surface area contributed by atoms with Crippen LogP contribution in [0, 0.1) is 0 Å². The SMILES string of the molecule is C/C=C(\C)c1c(C(=O)O)c2ccccc2n1-c1ccc(O)cc1. The first-order valence-corrected chi connectivity index (χ1v) is 7.34. The fourth-order valence-corrected chi connectivity index (χ4v) is 2.84. The van der Waals surface area contributed by atoms with Crippen LogP contribution in [0.4, 0.5) is 0 Å². The van der Waals surface area contributed by atoms with Gasteiger partial charge in [0.25, 0.3) is 0 Å². The number of aromatic hydroxyl groups is 1. The van der Waals surface area contributed by atoms with Crippen molar-refractivity contribution >= 4 is 22.4 Å².